The van der Waals surface area contributed by atoms with Gasteiger partial charge >= 0.3 is 0 Å². The molecule has 4 nitrogen and oxygen atoms in total. The van der Waals surface area contributed by atoms with Crippen LogP contribution in [0.3, 0.4) is 0 Å². The normalized spacial score (nSPS) is 14.3. The molecule has 0 radical (unpaired) electrons. The predicted molar refractivity (Wildman–Crippen MR) is 84.9 cm³/mol. The number of nitrogens with zero attached hydrogens (tertiary/aromatic N) is 2. The van der Waals surface area contributed by atoms with Crippen molar-refractivity contribution in [3.63, 3.8) is 0 Å². The molecule has 1 aromatic carbocycles. The number of rotatable bonds is 9. The van der Waals surface area contributed by atoms with Gasteiger partial charge in [0.1, 0.15) is 15.8 Å². The molecule has 0 aliphatic heterocycles. The number of hydrogen-bond donors (Lipinski definition) is 1. The van der Waals surface area contributed by atoms with Gasteiger partial charge in [-0.3, -0.25) is 0 Å². The molecule has 2 aromatic rings. The monoisotopic (exact) mass is 303 g/mol. The third-order valence-corrected chi connectivity index (χ3v) is 4.46. The van der Waals surface area contributed by atoms with Crippen molar-refractivity contribution in [2.24, 2.45) is 0 Å². The van der Waals surface area contributed by atoms with Crippen LogP contribution < -0.4 is 10.1 Å². The summed E-state index contributed by atoms with van der Waals surface area (Å²) in [5.74, 6) is 0.911. The SMILES string of the molecule is c1ccc(OCCc2nnc(CCCNC3CC3)s2)cc1. The smallest absolute Gasteiger partial charge is 0.120 e. The molecule has 1 aromatic heterocycles. The van der Waals surface area contributed by atoms with Crippen LogP contribution in [-0.2, 0) is 12.8 Å². The largest absolute Gasteiger partial charge is 0.493 e. The highest BCUT2D eigenvalue weighted by Crippen LogP contribution is 2.18. The van der Waals surface area contributed by atoms with Crippen molar-refractivity contribution in [3.05, 3.63) is 40.3 Å². The lowest BCUT2D eigenvalue weighted by molar-refractivity contribution is 0.321. The van der Waals surface area contributed by atoms with E-state index in [0.29, 0.717) is 6.61 Å². The Hall–Kier alpha value is -1.46. The van der Waals surface area contributed by atoms with Gasteiger partial charge in [0.25, 0.3) is 0 Å². The molecule has 0 amide bonds. The van der Waals surface area contributed by atoms with E-state index in [0.717, 1.165) is 47.6 Å². The van der Waals surface area contributed by atoms with Crippen molar-refractivity contribution in [1.82, 2.24) is 15.5 Å². The third kappa shape index (κ3) is 5.10. The number of ether oxygens (including phenoxy) is 1. The number of hydrogen-bond acceptors (Lipinski definition) is 5. The molecular formula is C16H21N3OS. The van der Waals surface area contributed by atoms with Gasteiger partial charge in [-0.05, 0) is 37.9 Å². The second-order valence-electron chi connectivity index (χ2n) is 5.33. The molecule has 0 spiro atoms. The van der Waals surface area contributed by atoms with Crippen molar-refractivity contribution in [2.45, 2.75) is 38.1 Å². The van der Waals surface area contributed by atoms with Crippen LogP contribution in [0.5, 0.6) is 5.75 Å². The van der Waals surface area contributed by atoms with Gasteiger partial charge in [-0.2, -0.15) is 0 Å². The molecule has 0 unspecified atom stereocenters. The Balaban J connectivity index is 1.34. The van der Waals surface area contributed by atoms with Crippen molar-refractivity contribution in [2.75, 3.05) is 13.2 Å². The molecule has 1 aliphatic rings. The summed E-state index contributed by atoms with van der Waals surface area (Å²) in [5.41, 5.74) is 0. The molecule has 1 heterocycles. The summed E-state index contributed by atoms with van der Waals surface area (Å²) in [6.45, 7) is 1.75. The van der Waals surface area contributed by atoms with Gasteiger partial charge in [0.15, 0.2) is 0 Å². The first kappa shape index (κ1) is 14.5. The first-order chi connectivity index (χ1) is 10.4. The molecule has 3 rings (SSSR count). The summed E-state index contributed by atoms with van der Waals surface area (Å²) < 4.78 is 5.68. The summed E-state index contributed by atoms with van der Waals surface area (Å²) >= 11 is 1.71. The van der Waals surface area contributed by atoms with E-state index in [1.54, 1.807) is 11.3 Å². The molecule has 0 bridgehead atoms. The highest BCUT2D eigenvalue weighted by molar-refractivity contribution is 7.11. The van der Waals surface area contributed by atoms with Crippen molar-refractivity contribution in [1.29, 1.82) is 0 Å². The maximum absolute atomic E-state index is 5.68. The maximum atomic E-state index is 5.68. The van der Waals surface area contributed by atoms with E-state index in [1.165, 1.54) is 12.8 Å². The van der Waals surface area contributed by atoms with Crippen LogP contribution in [0, 0.1) is 0 Å². The maximum Gasteiger partial charge on any atom is 0.120 e. The van der Waals surface area contributed by atoms with Gasteiger partial charge < -0.3 is 10.1 Å². The molecule has 1 fully saturated rings. The Morgan fingerprint density at radius 3 is 2.62 bits per heavy atom. The zero-order chi connectivity index (χ0) is 14.3. The van der Waals surface area contributed by atoms with Gasteiger partial charge in [-0.1, -0.05) is 18.2 Å². The van der Waals surface area contributed by atoms with Gasteiger partial charge in [0.2, 0.25) is 0 Å². The lowest BCUT2D eigenvalue weighted by Crippen LogP contribution is -2.17. The number of para-hydroxylation sites is 1. The zero-order valence-corrected chi connectivity index (χ0v) is 12.9. The van der Waals surface area contributed by atoms with Crippen LogP contribution in [0.15, 0.2) is 30.3 Å². The highest BCUT2D eigenvalue weighted by atomic mass is 32.1. The van der Waals surface area contributed by atoms with Crippen LogP contribution in [0.1, 0.15) is 29.3 Å². The predicted octanol–water partition coefficient (Wildman–Crippen LogP) is 2.84. The molecule has 112 valence electrons. The molecule has 1 N–H and O–H groups in total. The topological polar surface area (TPSA) is 47.0 Å². The molecule has 21 heavy (non-hydrogen) atoms. The van der Waals surface area contributed by atoms with Gasteiger partial charge in [-0.25, -0.2) is 0 Å². The lowest BCUT2D eigenvalue weighted by Gasteiger charge is -2.03. The minimum Gasteiger partial charge on any atom is -0.493 e. The average molecular weight is 303 g/mol. The van der Waals surface area contributed by atoms with Gasteiger partial charge in [0, 0.05) is 18.9 Å². The summed E-state index contributed by atoms with van der Waals surface area (Å²) in [7, 11) is 0. The van der Waals surface area contributed by atoms with E-state index in [1.807, 2.05) is 30.3 Å². The van der Waals surface area contributed by atoms with Gasteiger partial charge in [-0.15, -0.1) is 21.5 Å². The zero-order valence-electron chi connectivity index (χ0n) is 12.1. The molecular weight excluding hydrogens is 282 g/mol. The first-order valence-corrected chi connectivity index (χ1v) is 8.44. The Morgan fingerprint density at radius 2 is 1.86 bits per heavy atom. The minimum atomic E-state index is 0.655. The molecule has 1 saturated carbocycles. The summed E-state index contributed by atoms with van der Waals surface area (Å²) in [5, 5.41) is 14.2. The van der Waals surface area contributed by atoms with E-state index in [2.05, 4.69) is 15.5 Å². The van der Waals surface area contributed by atoms with E-state index in [9.17, 15) is 0 Å². The highest BCUT2D eigenvalue weighted by Gasteiger charge is 2.19. The second kappa shape index (κ2) is 7.52. The Kier molecular flexibility index (Phi) is 5.18. The lowest BCUT2D eigenvalue weighted by atomic mass is 10.3. The fraction of sp³-hybridized carbons (Fsp3) is 0.500. The van der Waals surface area contributed by atoms with Crippen LogP contribution >= 0.6 is 11.3 Å². The van der Waals surface area contributed by atoms with Gasteiger partial charge in [0.05, 0.1) is 6.61 Å². The molecule has 1 aliphatic carbocycles. The van der Waals surface area contributed by atoms with Crippen LogP contribution in [0.25, 0.3) is 0 Å². The fourth-order valence-electron chi connectivity index (χ4n) is 2.10. The summed E-state index contributed by atoms with van der Waals surface area (Å²) in [4.78, 5) is 0. The second-order valence-corrected chi connectivity index (χ2v) is 6.48. The number of benzene rings is 1. The van der Waals surface area contributed by atoms with E-state index < -0.39 is 0 Å². The first-order valence-electron chi connectivity index (χ1n) is 7.62. The quantitative estimate of drug-likeness (QED) is 0.724. The average Bonchev–Trinajstić information content (AvgIpc) is 3.24. The van der Waals surface area contributed by atoms with E-state index in [4.69, 9.17) is 4.74 Å². The van der Waals surface area contributed by atoms with E-state index >= 15 is 0 Å². The van der Waals surface area contributed by atoms with Crippen LogP contribution in [0.2, 0.25) is 0 Å². The summed E-state index contributed by atoms with van der Waals surface area (Å²) in [6.07, 6.45) is 5.70. The molecule has 5 heteroatoms. The number of nitrogens with one attached hydrogen (secondary N) is 1. The third-order valence-electron chi connectivity index (χ3n) is 3.41. The molecule has 0 saturated heterocycles. The van der Waals surface area contributed by atoms with Crippen molar-refractivity contribution >= 4 is 11.3 Å². The molecule has 0 atom stereocenters. The summed E-state index contributed by atoms with van der Waals surface area (Å²) in [6, 6.07) is 10.7. The van der Waals surface area contributed by atoms with Crippen LogP contribution in [0.4, 0.5) is 0 Å². The number of aryl methyl sites for hydroxylation is 1. The Morgan fingerprint density at radius 1 is 1.10 bits per heavy atom. The number of aromatic nitrogens is 2. The van der Waals surface area contributed by atoms with Crippen LogP contribution in [-0.4, -0.2) is 29.4 Å². The Labute approximate surface area is 129 Å². The van der Waals surface area contributed by atoms with Crippen molar-refractivity contribution in [3.8, 4) is 5.75 Å². The standard InChI is InChI=1S/C16H21N3OS/c1-2-5-14(6-3-1)20-12-10-16-19-18-15(21-16)7-4-11-17-13-8-9-13/h1-3,5-6,13,17H,4,7-12H2. The minimum absolute atomic E-state index is 0.655. The van der Waals surface area contributed by atoms with E-state index in [-0.39, 0.29) is 0 Å². The fourth-order valence-corrected chi connectivity index (χ4v) is 2.96. The van der Waals surface area contributed by atoms with Crippen molar-refractivity contribution < 1.29 is 4.74 Å². The Bertz CT molecular complexity index is 539.